The summed E-state index contributed by atoms with van der Waals surface area (Å²) in [6.07, 6.45) is -4.08. The van der Waals surface area contributed by atoms with Crippen molar-refractivity contribution in [2.24, 2.45) is 0 Å². The van der Waals surface area contributed by atoms with E-state index < -0.39 is 23.6 Å². The van der Waals surface area contributed by atoms with Gasteiger partial charge >= 0.3 is 6.18 Å². The molecule has 1 rings (SSSR count). The van der Waals surface area contributed by atoms with Gasteiger partial charge in [0, 0.05) is 6.54 Å². The first-order valence-corrected chi connectivity index (χ1v) is 4.82. The van der Waals surface area contributed by atoms with Gasteiger partial charge in [0.25, 0.3) is 5.91 Å². The van der Waals surface area contributed by atoms with Gasteiger partial charge in [-0.2, -0.15) is 13.2 Å². The van der Waals surface area contributed by atoms with Crippen LogP contribution in [-0.2, 0) is 14.3 Å². The third-order valence-electron chi connectivity index (χ3n) is 1.78. The Morgan fingerprint density at radius 3 is 2.56 bits per heavy atom. The van der Waals surface area contributed by atoms with E-state index in [9.17, 15) is 18.0 Å². The smallest absolute Gasteiger partial charge is 0.453 e. The summed E-state index contributed by atoms with van der Waals surface area (Å²) in [5.74, 6) is -3.03. The highest BCUT2D eigenvalue weighted by Crippen LogP contribution is 2.31. The van der Waals surface area contributed by atoms with E-state index in [-0.39, 0.29) is 19.8 Å². The Hall–Kier alpha value is -1.40. The van der Waals surface area contributed by atoms with Crippen molar-refractivity contribution in [3.8, 4) is 0 Å². The van der Waals surface area contributed by atoms with Gasteiger partial charge in [0.1, 0.15) is 13.2 Å². The molecule has 0 aromatic rings. The molecule has 16 heavy (non-hydrogen) atoms. The van der Waals surface area contributed by atoms with Gasteiger partial charge in [0.2, 0.25) is 11.5 Å². The van der Waals surface area contributed by atoms with Gasteiger partial charge in [-0.25, -0.2) is 0 Å². The standard InChI is InChI=1S/C9H12F3NO3/c1-2-3-13-8(14)6-7(9(10,11)12)16-5-4-15-6/h2-5H2,1H3,(H,13,14). The molecule has 0 spiro atoms. The number of hydrogen-bond donors (Lipinski definition) is 1. The molecule has 0 aromatic carbocycles. The number of amides is 1. The van der Waals surface area contributed by atoms with E-state index in [4.69, 9.17) is 4.74 Å². The fourth-order valence-corrected chi connectivity index (χ4v) is 1.12. The summed E-state index contributed by atoms with van der Waals surface area (Å²) < 4.78 is 46.4. The molecule has 0 atom stereocenters. The van der Waals surface area contributed by atoms with Crippen molar-refractivity contribution >= 4 is 5.91 Å². The van der Waals surface area contributed by atoms with E-state index in [0.29, 0.717) is 6.42 Å². The number of halogens is 3. The summed E-state index contributed by atoms with van der Waals surface area (Å²) in [5, 5.41) is 2.30. The molecule has 0 aromatic heterocycles. The molecule has 1 heterocycles. The number of ether oxygens (including phenoxy) is 2. The molecule has 0 bridgehead atoms. The Labute approximate surface area is 90.4 Å². The van der Waals surface area contributed by atoms with Crippen LogP contribution in [0, 0.1) is 0 Å². The van der Waals surface area contributed by atoms with Crippen LogP contribution in [0.15, 0.2) is 11.5 Å². The van der Waals surface area contributed by atoms with Crippen molar-refractivity contribution < 1.29 is 27.4 Å². The van der Waals surface area contributed by atoms with E-state index in [1.165, 1.54) is 0 Å². The first kappa shape index (κ1) is 12.7. The molecule has 1 N–H and O–H groups in total. The lowest BCUT2D eigenvalue weighted by molar-refractivity contribution is -0.152. The molecule has 7 heteroatoms. The van der Waals surface area contributed by atoms with Crippen molar-refractivity contribution in [1.82, 2.24) is 5.32 Å². The number of carbonyl (C=O) groups is 1. The van der Waals surface area contributed by atoms with Crippen LogP contribution in [0.3, 0.4) is 0 Å². The Balaban J connectivity index is 2.86. The summed E-state index contributed by atoms with van der Waals surface area (Å²) >= 11 is 0. The van der Waals surface area contributed by atoms with E-state index in [1.54, 1.807) is 6.92 Å². The minimum absolute atomic E-state index is 0.0611. The van der Waals surface area contributed by atoms with Crippen LogP contribution in [0.1, 0.15) is 13.3 Å². The topological polar surface area (TPSA) is 47.6 Å². The van der Waals surface area contributed by atoms with Gasteiger partial charge in [0.15, 0.2) is 0 Å². The lowest BCUT2D eigenvalue weighted by Gasteiger charge is -2.22. The van der Waals surface area contributed by atoms with Gasteiger partial charge in [-0.05, 0) is 6.42 Å². The summed E-state index contributed by atoms with van der Waals surface area (Å²) in [7, 11) is 0. The molecule has 4 nitrogen and oxygen atoms in total. The zero-order chi connectivity index (χ0) is 12.2. The van der Waals surface area contributed by atoms with Gasteiger partial charge in [-0.1, -0.05) is 6.92 Å². The molecule has 0 radical (unpaired) electrons. The van der Waals surface area contributed by atoms with Crippen LogP contribution in [-0.4, -0.2) is 31.8 Å². The molecule has 1 amide bonds. The maximum atomic E-state index is 12.4. The molecular weight excluding hydrogens is 227 g/mol. The summed E-state index contributed by atoms with van der Waals surface area (Å²) in [4.78, 5) is 11.3. The lowest BCUT2D eigenvalue weighted by Crippen LogP contribution is -2.34. The molecule has 0 aliphatic carbocycles. The number of rotatable bonds is 3. The SMILES string of the molecule is CCCNC(=O)C1=C(C(F)(F)F)OCCO1. The van der Waals surface area contributed by atoms with E-state index in [0.717, 1.165) is 0 Å². The summed E-state index contributed by atoms with van der Waals surface area (Å²) in [5.41, 5.74) is 0. The van der Waals surface area contributed by atoms with Crippen LogP contribution in [0.4, 0.5) is 13.2 Å². The molecule has 0 fully saturated rings. The molecule has 0 saturated heterocycles. The minimum Gasteiger partial charge on any atom is -0.483 e. The molecule has 1 aliphatic rings. The van der Waals surface area contributed by atoms with Gasteiger partial charge in [-0.3, -0.25) is 4.79 Å². The second-order valence-corrected chi connectivity index (χ2v) is 3.11. The predicted molar refractivity (Wildman–Crippen MR) is 48.3 cm³/mol. The first-order chi connectivity index (χ1) is 7.46. The Kier molecular flexibility index (Phi) is 4.03. The number of nitrogens with one attached hydrogen (secondary N) is 1. The quantitative estimate of drug-likeness (QED) is 0.808. The Morgan fingerprint density at radius 1 is 1.38 bits per heavy atom. The van der Waals surface area contributed by atoms with Crippen LogP contribution in [0.5, 0.6) is 0 Å². The Bertz CT molecular complexity index is 299. The number of allylic oxidation sites excluding steroid dienone is 1. The largest absolute Gasteiger partial charge is 0.483 e. The normalized spacial score (nSPS) is 16.5. The van der Waals surface area contributed by atoms with Crippen LogP contribution >= 0.6 is 0 Å². The molecule has 0 saturated carbocycles. The zero-order valence-corrected chi connectivity index (χ0v) is 8.69. The number of carbonyl (C=O) groups excluding carboxylic acids is 1. The van der Waals surface area contributed by atoms with Crippen molar-refractivity contribution in [3.05, 3.63) is 11.5 Å². The third-order valence-corrected chi connectivity index (χ3v) is 1.78. The zero-order valence-electron chi connectivity index (χ0n) is 8.69. The average molecular weight is 239 g/mol. The minimum atomic E-state index is -4.71. The third kappa shape index (κ3) is 3.04. The highest BCUT2D eigenvalue weighted by Gasteiger charge is 2.43. The Morgan fingerprint density at radius 2 is 2.00 bits per heavy atom. The molecule has 0 unspecified atom stereocenters. The van der Waals surface area contributed by atoms with Gasteiger partial charge in [0.05, 0.1) is 0 Å². The second kappa shape index (κ2) is 5.09. The molecular formula is C9H12F3NO3. The monoisotopic (exact) mass is 239 g/mol. The predicted octanol–water partition coefficient (Wildman–Crippen LogP) is 1.33. The van der Waals surface area contributed by atoms with Crippen molar-refractivity contribution in [2.45, 2.75) is 19.5 Å². The lowest BCUT2D eigenvalue weighted by atomic mass is 10.3. The highest BCUT2D eigenvalue weighted by molar-refractivity contribution is 5.92. The molecule has 1 aliphatic heterocycles. The maximum Gasteiger partial charge on any atom is 0.453 e. The van der Waals surface area contributed by atoms with Gasteiger partial charge in [-0.15, -0.1) is 0 Å². The average Bonchev–Trinajstić information content (AvgIpc) is 2.24. The molecule has 92 valence electrons. The highest BCUT2D eigenvalue weighted by atomic mass is 19.4. The maximum absolute atomic E-state index is 12.4. The van der Waals surface area contributed by atoms with Gasteiger partial charge < -0.3 is 14.8 Å². The van der Waals surface area contributed by atoms with Crippen LogP contribution in [0.2, 0.25) is 0 Å². The van der Waals surface area contributed by atoms with E-state index >= 15 is 0 Å². The fourth-order valence-electron chi connectivity index (χ4n) is 1.12. The van der Waals surface area contributed by atoms with Crippen LogP contribution in [0.25, 0.3) is 0 Å². The summed E-state index contributed by atoms with van der Waals surface area (Å²) in [6.45, 7) is 1.81. The number of hydrogen-bond acceptors (Lipinski definition) is 3. The fraction of sp³-hybridized carbons (Fsp3) is 0.667. The first-order valence-electron chi connectivity index (χ1n) is 4.82. The van der Waals surface area contributed by atoms with Crippen molar-refractivity contribution in [3.63, 3.8) is 0 Å². The van der Waals surface area contributed by atoms with Crippen molar-refractivity contribution in [2.75, 3.05) is 19.8 Å². The van der Waals surface area contributed by atoms with Crippen LogP contribution < -0.4 is 5.32 Å². The number of alkyl halides is 3. The van der Waals surface area contributed by atoms with E-state index in [1.807, 2.05) is 0 Å². The summed E-state index contributed by atoms with van der Waals surface area (Å²) in [6, 6.07) is 0. The van der Waals surface area contributed by atoms with E-state index in [2.05, 4.69) is 10.1 Å². The second-order valence-electron chi connectivity index (χ2n) is 3.11. The van der Waals surface area contributed by atoms with Crippen molar-refractivity contribution in [1.29, 1.82) is 0 Å².